The molecule has 3 amide bonds. The summed E-state index contributed by atoms with van der Waals surface area (Å²) >= 11 is 1.01. The average Bonchev–Trinajstić information content (AvgIpc) is 3.65. The van der Waals surface area contributed by atoms with Gasteiger partial charge in [-0.15, -0.1) is 18.3 Å². The number of amides is 3. The highest BCUT2D eigenvalue weighted by Crippen LogP contribution is 2.36. The number of nitrogens with one attached hydrogen (secondary N) is 1. The lowest BCUT2D eigenvalue weighted by atomic mass is 9.85. The second-order valence-corrected chi connectivity index (χ2v) is 12.2. The van der Waals surface area contributed by atoms with Crippen LogP contribution in [-0.4, -0.2) is 76.4 Å². The number of urea groups is 1. The first kappa shape index (κ1) is 34.8. The second-order valence-electron chi connectivity index (χ2n) is 11.3. The molecule has 0 radical (unpaired) electrons. The molecule has 1 aromatic heterocycles. The molecule has 258 valence electrons. The Balaban J connectivity index is 1.13. The Morgan fingerprint density at radius 3 is 2.48 bits per heavy atom. The molecule has 0 saturated carbocycles. The summed E-state index contributed by atoms with van der Waals surface area (Å²) < 4.78 is 86.1. The van der Waals surface area contributed by atoms with Gasteiger partial charge in [-0.1, -0.05) is 24.8 Å². The number of amidine groups is 1. The van der Waals surface area contributed by atoms with Crippen molar-refractivity contribution in [3.8, 4) is 17.2 Å². The minimum absolute atomic E-state index is 0.0377. The maximum Gasteiger partial charge on any atom is 0.573 e. The molecule has 1 atom stereocenters. The van der Waals surface area contributed by atoms with E-state index in [1.807, 2.05) is 11.8 Å². The molecule has 2 saturated heterocycles. The number of nitrogens with zero attached hydrogens (tertiary/aromatic N) is 6. The van der Waals surface area contributed by atoms with Gasteiger partial charge in [-0.05, 0) is 73.6 Å². The van der Waals surface area contributed by atoms with Crippen LogP contribution in [0.4, 0.5) is 42.8 Å². The Kier molecular flexibility index (Phi) is 10.4. The summed E-state index contributed by atoms with van der Waals surface area (Å²) in [5.74, 6) is -0.155. The molecule has 5 rings (SSSR count). The van der Waals surface area contributed by atoms with Crippen LogP contribution >= 0.6 is 11.8 Å². The molecule has 2 aromatic carbocycles. The van der Waals surface area contributed by atoms with E-state index in [0.29, 0.717) is 36.8 Å². The van der Waals surface area contributed by atoms with Gasteiger partial charge in [-0.2, -0.15) is 23.1 Å². The molecule has 48 heavy (non-hydrogen) atoms. The zero-order chi connectivity index (χ0) is 34.6. The van der Waals surface area contributed by atoms with Crippen LogP contribution in [0.15, 0.2) is 53.8 Å². The molecule has 18 heteroatoms. The molecular weight excluding hydrogens is 668 g/mol. The number of anilines is 2. The second kappa shape index (κ2) is 14.3. The van der Waals surface area contributed by atoms with Crippen molar-refractivity contribution < 1.29 is 45.4 Å². The highest BCUT2D eigenvalue weighted by molar-refractivity contribution is 8.15. The van der Waals surface area contributed by atoms with E-state index in [9.17, 15) is 35.9 Å². The summed E-state index contributed by atoms with van der Waals surface area (Å²) in [6.07, 6.45) is -6.30. The molecular formula is C30H31F6N7O4S. The van der Waals surface area contributed by atoms with Crippen molar-refractivity contribution in [2.75, 3.05) is 41.8 Å². The number of thioether (sulfide) groups is 1. The van der Waals surface area contributed by atoms with Crippen molar-refractivity contribution in [3.05, 3.63) is 54.4 Å². The zero-order valence-corrected chi connectivity index (χ0v) is 26.5. The number of ether oxygens (including phenoxy) is 2. The van der Waals surface area contributed by atoms with E-state index in [4.69, 9.17) is 4.74 Å². The number of carbonyl (C=O) groups is 2. The number of piperidine rings is 1. The summed E-state index contributed by atoms with van der Waals surface area (Å²) in [4.78, 5) is 37.0. The number of alkyl halides is 6. The highest BCUT2D eigenvalue weighted by Gasteiger charge is 2.35. The van der Waals surface area contributed by atoms with Crippen LogP contribution in [0.2, 0.25) is 0 Å². The van der Waals surface area contributed by atoms with Gasteiger partial charge in [0.1, 0.15) is 17.8 Å². The van der Waals surface area contributed by atoms with Crippen LogP contribution in [0.25, 0.3) is 5.69 Å². The number of hydrogen-bond acceptors (Lipinski definition) is 8. The Hall–Kier alpha value is -4.48. The Labute approximate surface area is 275 Å². The van der Waals surface area contributed by atoms with Gasteiger partial charge in [0.15, 0.2) is 11.8 Å². The van der Waals surface area contributed by atoms with E-state index in [-0.39, 0.29) is 39.9 Å². The molecule has 2 aliphatic heterocycles. The molecule has 2 fully saturated rings. The van der Waals surface area contributed by atoms with Gasteiger partial charge < -0.3 is 19.7 Å². The number of aliphatic imine (C=N–C) groups is 1. The maximum atomic E-state index is 12.8. The molecule has 0 unspecified atom stereocenters. The third kappa shape index (κ3) is 9.11. The average molecular weight is 700 g/mol. The molecule has 0 spiro atoms. The normalized spacial score (nSPS) is 17.6. The van der Waals surface area contributed by atoms with Crippen molar-refractivity contribution in [1.29, 1.82) is 0 Å². The third-order valence-electron chi connectivity index (χ3n) is 7.73. The van der Waals surface area contributed by atoms with Crippen LogP contribution in [0.5, 0.6) is 11.5 Å². The van der Waals surface area contributed by atoms with Crippen LogP contribution in [0.3, 0.4) is 0 Å². The summed E-state index contributed by atoms with van der Waals surface area (Å²) in [6.45, 7) is 3.79. The van der Waals surface area contributed by atoms with Crippen molar-refractivity contribution in [2.24, 2.45) is 16.8 Å². The number of benzene rings is 2. The first-order chi connectivity index (χ1) is 22.6. The summed E-state index contributed by atoms with van der Waals surface area (Å²) in [7, 11) is 0. The SMILES string of the molecule is Cc1ccc(OCC(F)(F)F)c(N2C(=O)CS/C2=N\C(=O)NC[C@@H](C)C2CCN(c3ncn(-c4ccc(OC(F)(F)F)cc4)n3)CC2)c1. The lowest BCUT2D eigenvalue weighted by Crippen LogP contribution is -2.39. The standard InChI is InChI=1S/C30H31F6N7O4S/c1-18-3-8-24(46-16-29(31,32)33)23(13-18)43-25(44)15-48-28(43)39-27(45)37-14-19(2)20-9-11-41(12-10-20)26-38-17-42(40-26)21-4-6-22(7-5-21)47-30(34,35)36/h3-8,13,17,19-20H,9-12,14-16H2,1-2H3,(H,37,45)/b39-28-/t19-/m1/s1. The molecule has 1 N–H and O–H groups in total. The first-order valence-electron chi connectivity index (χ1n) is 14.8. The predicted octanol–water partition coefficient (Wildman–Crippen LogP) is 6.11. The van der Waals surface area contributed by atoms with Crippen molar-refractivity contribution in [2.45, 2.75) is 39.2 Å². The number of carbonyl (C=O) groups excluding carboxylic acids is 2. The monoisotopic (exact) mass is 699 g/mol. The molecule has 2 aliphatic rings. The minimum Gasteiger partial charge on any atom is -0.482 e. The van der Waals surface area contributed by atoms with Crippen molar-refractivity contribution in [3.63, 3.8) is 0 Å². The summed E-state index contributed by atoms with van der Waals surface area (Å²) in [5, 5.41) is 7.27. The fourth-order valence-electron chi connectivity index (χ4n) is 5.30. The number of aromatic nitrogens is 3. The lowest BCUT2D eigenvalue weighted by Gasteiger charge is -2.34. The lowest BCUT2D eigenvalue weighted by molar-refractivity contribution is -0.274. The van der Waals surface area contributed by atoms with Crippen LogP contribution in [-0.2, 0) is 4.79 Å². The van der Waals surface area contributed by atoms with Crippen LogP contribution in [0.1, 0.15) is 25.3 Å². The van der Waals surface area contributed by atoms with Gasteiger partial charge >= 0.3 is 18.6 Å². The number of aryl methyl sites for hydroxylation is 1. The number of hydrogen-bond donors (Lipinski definition) is 1. The van der Waals surface area contributed by atoms with E-state index in [2.05, 4.69) is 25.1 Å². The fourth-order valence-corrected chi connectivity index (χ4v) is 6.16. The van der Waals surface area contributed by atoms with E-state index in [1.54, 1.807) is 13.0 Å². The maximum absolute atomic E-state index is 12.8. The number of halogens is 6. The smallest absolute Gasteiger partial charge is 0.482 e. The Bertz CT molecular complexity index is 1640. The van der Waals surface area contributed by atoms with Gasteiger partial charge in [0.25, 0.3) is 0 Å². The fraction of sp³-hybridized carbons (Fsp3) is 0.433. The van der Waals surface area contributed by atoms with Gasteiger partial charge in [0, 0.05) is 19.6 Å². The van der Waals surface area contributed by atoms with E-state index in [0.717, 1.165) is 29.5 Å². The van der Waals surface area contributed by atoms with Crippen LogP contribution < -0.4 is 24.6 Å². The summed E-state index contributed by atoms with van der Waals surface area (Å²) in [5.41, 5.74) is 1.27. The quantitative estimate of drug-likeness (QED) is 0.266. The molecule has 0 bridgehead atoms. The van der Waals surface area contributed by atoms with Gasteiger partial charge in [0.05, 0.1) is 17.1 Å². The molecule has 11 nitrogen and oxygen atoms in total. The largest absolute Gasteiger partial charge is 0.573 e. The minimum atomic E-state index is -4.78. The topological polar surface area (TPSA) is 114 Å². The van der Waals surface area contributed by atoms with Crippen LogP contribution in [0, 0.1) is 18.8 Å². The highest BCUT2D eigenvalue weighted by atomic mass is 32.2. The molecule has 0 aliphatic carbocycles. The van der Waals surface area contributed by atoms with Gasteiger partial charge in [-0.25, -0.2) is 9.48 Å². The van der Waals surface area contributed by atoms with Gasteiger partial charge in [0.2, 0.25) is 11.9 Å². The predicted molar refractivity (Wildman–Crippen MR) is 166 cm³/mol. The first-order valence-corrected chi connectivity index (χ1v) is 15.8. The van der Waals surface area contributed by atoms with Gasteiger partial charge in [-0.3, -0.25) is 9.69 Å². The zero-order valence-electron chi connectivity index (χ0n) is 25.7. The summed E-state index contributed by atoms with van der Waals surface area (Å²) in [6, 6.07) is 9.01. The van der Waals surface area contributed by atoms with E-state index in [1.165, 1.54) is 47.4 Å². The Morgan fingerprint density at radius 1 is 1.10 bits per heavy atom. The molecule has 3 aromatic rings. The number of rotatable bonds is 9. The van der Waals surface area contributed by atoms with E-state index >= 15 is 0 Å². The Morgan fingerprint density at radius 2 is 1.81 bits per heavy atom. The van der Waals surface area contributed by atoms with Crippen molar-refractivity contribution in [1.82, 2.24) is 20.1 Å². The van der Waals surface area contributed by atoms with E-state index < -0.39 is 31.1 Å². The third-order valence-corrected chi connectivity index (χ3v) is 8.65. The van der Waals surface area contributed by atoms with Crippen molar-refractivity contribution >= 4 is 40.5 Å². The molecule has 3 heterocycles.